The summed E-state index contributed by atoms with van der Waals surface area (Å²) < 4.78 is 0.990. The second kappa shape index (κ2) is 5.52. The number of rotatable bonds is 3. The van der Waals surface area contributed by atoms with E-state index < -0.39 is 0 Å². The number of aromatic nitrogens is 1. The molecule has 0 atom stereocenters. The van der Waals surface area contributed by atoms with Crippen LogP contribution in [0.15, 0.2) is 41.1 Å². The molecule has 1 heterocycles. The number of benzene rings is 1. The Morgan fingerprint density at radius 2 is 2.18 bits per heavy atom. The van der Waals surface area contributed by atoms with Gasteiger partial charge in [0.1, 0.15) is 0 Å². The Labute approximate surface area is 114 Å². The average molecular weight is 312 g/mol. The van der Waals surface area contributed by atoms with Crippen molar-refractivity contribution in [3.63, 3.8) is 0 Å². The molecule has 4 heteroatoms. The fraction of sp³-hybridized carbons (Fsp3) is 0.154. The maximum Gasteiger partial charge on any atom is 0.0559 e. The monoisotopic (exact) mass is 310 g/mol. The highest BCUT2D eigenvalue weighted by Crippen LogP contribution is 2.22. The lowest BCUT2D eigenvalue weighted by atomic mass is 10.2. The van der Waals surface area contributed by atoms with E-state index in [2.05, 4.69) is 26.2 Å². The summed E-state index contributed by atoms with van der Waals surface area (Å²) in [5.41, 5.74) is 3.28. The van der Waals surface area contributed by atoms with Crippen LogP contribution in [-0.2, 0) is 6.54 Å². The van der Waals surface area contributed by atoms with Gasteiger partial charge in [-0.25, -0.2) is 0 Å². The summed E-state index contributed by atoms with van der Waals surface area (Å²) in [4.78, 5) is 4.09. The second-order valence-corrected chi connectivity index (χ2v) is 5.10. The zero-order chi connectivity index (χ0) is 12.3. The van der Waals surface area contributed by atoms with Crippen molar-refractivity contribution in [2.45, 2.75) is 13.5 Å². The van der Waals surface area contributed by atoms with Gasteiger partial charge >= 0.3 is 0 Å². The molecule has 0 unspecified atom stereocenters. The minimum absolute atomic E-state index is 0.693. The SMILES string of the molecule is Cc1ccncc1NCc1ccc(Br)cc1Cl. The molecular formula is C13H12BrClN2. The first kappa shape index (κ1) is 12.4. The molecule has 17 heavy (non-hydrogen) atoms. The smallest absolute Gasteiger partial charge is 0.0559 e. The predicted molar refractivity (Wildman–Crippen MR) is 75.5 cm³/mol. The van der Waals surface area contributed by atoms with Crippen molar-refractivity contribution in [2.75, 3.05) is 5.32 Å². The molecule has 0 radical (unpaired) electrons. The summed E-state index contributed by atoms with van der Waals surface area (Å²) >= 11 is 9.54. The first-order chi connectivity index (χ1) is 8.16. The molecule has 1 N–H and O–H groups in total. The van der Waals surface area contributed by atoms with Gasteiger partial charge in [-0.3, -0.25) is 4.98 Å². The molecule has 88 valence electrons. The molecule has 1 aromatic heterocycles. The Morgan fingerprint density at radius 1 is 1.35 bits per heavy atom. The van der Waals surface area contributed by atoms with Crippen LogP contribution in [0, 0.1) is 6.92 Å². The van der Waals surface area contributed by atoms with Gasteiger partial charge in [-0.1, -0.05) is 33.6 Å². The summed E-state index contributed by atoms with van der Waals surface area (Å²) in [5, 5.41) is 4.09. The fourth-order valence-electron chi connectivity index (χ4n) is 1.50. The molecule has 0 fully saturated rings. The van der Waals surface area contributed by atoms with Gasteiger partial charge in [0.25, 0.3) is 0 Å². The van der Waals surface area contributed by atoms with Crippen LogP contribution >= 0.6 is 27.5 Å². The first-order valence-electron chi connectivity index (χ1n) is 5.25. The topological polar surface area (TPSA) is 24.9 Å². The number of nitrogens with one attached hydrogen (secondary N) is 1. The van der Waals surface area contributed by atoms with Crippen molar-refractivity contribution in [3.05, 3.63) is 57.3 Å². The van der Waals surface area contributed by atoms with Gasteiger partial charge in [-0.15, -0.1) is 0 Å². The van der Waals surface area contributed by atoms with Crippen LogP contribution in [0.25, 0.3) is 0 Å². The van der Waals surface area contributed by atoms with Crippen LogP contribution in [0.2, 0.25) is 5.02 Å². The predicted octanol–water partition coefficient (Wildman–Crippen LogP) is 4.42. The largest absolute Gasteiger partial charge is 0.379 e. The van der Waals surface area contributed by atoms with E-state index in [1.807, 2.05) is 37.4 Å². The molecule has 0 amide bonds. The summed E-state index contributed by atoms with van der Waals surface area (Å²) in [5.74, 6) is 0. The second-order valence-electron chi connectivity index (χ2n) is 3.78. The summed E-state index contributed by atoms with van der Waals surface area (Å²) in [7, 11) is 0. The fourth-order valence-corrected chi connectivity index (χ4v) is 2.24. The van der Waals surface area contributed by atoms with E-state index in [4.69, 9.17) is 11.6 Å². The number of hydrogen-bond donors (Lipinski definition) is 1. The van der Waals surface area contributed by atoms with Crippen LogP contribution in [0.5, 0.6) is 0 Å². The first-order valence-corrected chi connectivity index (χ1v) is 6.42. The molecule has 0 aliphatic rings. The van der Waals surface area contributed by atoms with E-state index in [-0.39, 0.29) is 0 Å². The Kier molecular flexibility index (Phi) is 4.02. The summed E-state index contributed by atoms with van der Waals surface area (Å²) in [6.45, 7) is 2.74. The molecule has 2 aromatic rings. The Balaban J connectivity index is 2.10. The highest BCUT2D eigenvalue weighted by molar-refractivity contribution is 9.10. The average Bonchev–Trinajstić information content (AvgIpc) is 2.30. The van der Waals surface area contributed by atoms with Crippen LogP contribution in [0.3, 0.4) is 0 Å². The molecule has 0 aliphatic carbocycles. The number of hydrogen-bond acceptors (Lipinski definition) is 2. The van der Waals surface area contributed by atoms with Gasteiger partial charge in [0.05, 0.1) is 11.9 Å². The van der Waals surface area contributed by atoms with Crippen LogP contribution < -0.4 is 5.32 Å². The third kappa shape index (κ3) is 3.20. The molecule has 0 bridgehead atoms. The highest BCUT2D eigenvalue weighted by Gasteiger charge is 2.02. The zero-order valence-corrected chi connectivity index (χ0v) is 11.7. The summed E-state index contributed by atoms with van der Waals surface area (Å²) in [6.07, 6.45) is 3.61. The van der Waals surface area contributed by atoms with E-state index in [1.54, 1.807) is 6.20 Å². The normalized spacial score (nSPS) is 10.3. The minimum atomic E-state index is 0.693. The van der Waals surface area contributed by atoms with Crippen LogP contribution in [0.4, 0.5) is 5.69 Å². The maximum atomic E-state index is 6.15. The molecular weight excluding hydrogens is 300 g/mol. The van der Waals surface area contributed by atoms with Gasteiger partial charge in [0.15, 0.2) is 0 Å². The number of aryl methyl sites for hydroxylation is 1. The van der Waals surface area contributed by atoms with E-state index in [0.29, 0.717) is 6.54 Å². The molecule has 1 aromatic carbocycles. The van der Waals surface area contributed by atoms with Crippen molar-refractivity contribution < 1.29 is 0 Å². The van der Waals surface area contributed by atoms with Crippen molar-refractivity contribution in [2.24, 2.45) is 0 Å². The standard InChI is InChI=1S/C13H12BrClN2/c1-9-4-5-16-8-13(9)17-7-10-2-3-11(14)6-12(10)15/h2-6,8,17H,7H2,1H3. The van der Waals surface area contributed by atoms with Crippen LogP contribution in [0.1, 0.15) is 11.1 Å². The molecule has 0 saturated heterocycles. The lowest BCUT2D eigenvalue weighted by Gasteiger charge is -2.10. The number of pyridine rings is 1. The number of anilines is 1. The van der Waals surface area contributed by atoms with E-state index in [0.717, 1.165) is 20.7 Å². The molecule has 0 aliphatic heterocycles. The van der Waals surface area contributed by atoms with Gasteiger partial charge in [-0.2, -0.15) is 0 Å². The third-order valence-corrected chi connectivity index (χ3v) is 3.37. The molecule has 0 saturated carbocycles. The van der Waals surface area contributed by atoms with Crippen molar-refractivity contribution >= 4 is 33.2 Å². The lowest BCUT2D eigenvalue weighted by molar-refractivity contribution is 1.12. The minimum Gasteiger partial charge on any atom is -0.379 e. The Bertz CT molecular complexity index is 529. The van der Waals surface area contributed by atoms with Crippen molar-refractivity contribution in [1.82, 2.24) is 4.98 Å². The molecule has 0 spiro atoms. The van der Waals surface area contributed by atoms with Gasteiger partial charge in [0, 0.05) is 22.2 Å². The Morgan fingerprint density at radius 3 is 2.88 bits per heavy atom. The van der Waals surface area contributed by atoms with Crippen LogP contribution in [-0.4, -0.2) is 4.98 Å². The van der Waals surface area contributed by atoms with Gasteiger partial charge < -0.3 is 5.32 Å². The summed E-state index contributed by atoms with van der Waals surface area (Å²) in [6, 6.07) is 7.87. The van der Waals surface area contributed by atoms with Gasteiger partial charge in [-0.05, 0) is 36.2 Å². The maximum absolute atomic E-state index is 6.15. The van der Waals surface area contributed by atoms with E-state index in [1.165, 1.54) is 5.56 Å². The molecule has 2 nitrogen and oxygen atoms in total. The van der Waals surface area contributed by atoms with Gasteiger partial charge in [0.2, 0.25) is 0 Å². The van der Waals surface area contributed by atoms with Crippen molar-refractivity contribution in [3.8, 4) is 0 Å². The highest BCUT2D eigenvalue weighted by atomic mass is 79.9. The number of halogens is 2. The third-order valence-electron chi connectivity index (χ3n) is 2.52. The van der Waals surface area contributed by atoms with E-state index in [9.17, 15) is 0 Å². The molecule has 2 rings (SSSR count). The zero-order valence-electron chi connectivity index (χ0n) is 9.37. The van der Waals surface area contributed by atoms with E-state index >= 15 is 0 Å². The number of nitrogens with zero attached hydrogens (tertiary/aromatic N) is 1. The van der Waals surface area contributed by atoms with Crippen molar-refractivity contribution in [1.29, 1.82) is 0 Å². The Hall–Kier alpha value is -1.06. The lowest BCUT2D eigenvalue weighted by Crippen LogP contribution is -2.01. The quantitative estimate of drug-likeness (QED) is 0.907.